The van der Waals surface area contributed by atoms with Crippen LogP contribution in [-0.2, 0) is 15.1 Å². The van der Waals surface area contributed by atoms with Crippen molar-refractivity contribution in [2.45, 2.75) is 76.5 Å². The van der Waals surface area contributed by atoms with E-state index in [0.717, 1.165) is 75.7 Å². The van der Waals surface area contributed by atoms with Crippen molar-refractivity contribution < 1.29 is 19.4 Å². The van der Waals surface area contributed by atoms with E-state index in [4.69, 9.17) is 4.74 Å². The highest BCUT2D eigenvalue weighted by molar-refractivity contribution is 5.75. The van der Waals surface area contributed by atoms with Gasteiger partial charge in [0.15, 0.2) is 0 Å². The quantitative estimate of drug-likeness (QED) is 0.379. The number of nitrogens with one attached hydrogen (secondary N) is 2. The minimum absolute atomic E-state index is 0.0148. The van der Waals surface area contributed by atoms with E-state index < -0.39 is 11.6 Å². The Morgan fingerprint density at radius 3 is 2.21 bits per heavy atom. The molecule has 4 rings (SSSR count). The average molecular weight is 536 g/mol. The van der Waals surface area contributed by atoms with Crippen LogP contribution in [0.15, 0.2) is 60.7 Å². The van der Waals surface area contributed by atoms with Gasteiger partial charge in [0, 0.05) is 12.6 Å². The first-order chi connectivity index (χ1) is 18.9. The van der Waals surface area contributed by atoms with E-state index in [1.54, 1.807) is 0 Å². The summed E-state index contributed by atoms with van der Waals surface area (Å²) >= 11 is 0. The van der Waals surface area contributed by atoms with Crippen LogP contribution in [0.5, 0.6) is 0 Å². The summed E-state index contributed by atoms with van der Waals surface area (Å²) in [5, 5.41) is 18.1. The van der Waals surface area contributed by atoms with Crippen molar-refractivity contribution in [3.05, 3.63) is 71.8 Å². The lowest BCUT2D eigenvalue weighted by atomic mass is 9.81. The number of nitrogens with zero attached hydrogens (tertiary/aromatic N) is 1. The van der Waals surface area contributed by atoms with Crippen LogP contribution >= 0.6 is 0 Å². The molecule has 7 heteroatoms. The second-order valence-electron chi connectivity index (χ2n) is 11.2. The molecule has 1 saturated carbocycles. The molecule has 0 radical (unpaired) electrons. The number of carbonyl (C=O) groups is 2. The Morgan fingerprint density at radius 1 is 1.00 bits per heavy atom. The lowest BCUT2D eigenvalue weighted by Gasteiger charge is -2.37. The molecule has 2 aliphatic rings. The molecule has 2 aromatic carbocycles. The number of hydrogen-bond donors (Lipinski definition) is 3. The zero-order valence-corrected chi connectivity index (χ0v) is 23.5. The van der Waals surface area contributed by atoms with Crippen LogP contribution in [-0.4, -0.2) is 60.3 Å². The van der Waals surface area contributed by atoms with Gasteiger partial charge in [-0.05, 0) is 88.9 Å². The molecule has 2 fully saturated rings. The summed E-state index contributed by atoms with van der Waals surface area (Å²) in [6.07, 6.45) is 7.21. The molecule has 0 aromatic heterocycles. The molecule has 0 bridgehead atoms. The minimum Gasteiger partial charge on any atom is -0.466 e. The second kappa shape index (κ2) is 13.9. The molecule has 39 heavy (non-hydrogen) atoms. The maximum absolute atomic E-state index is 13.0. The van der Waals surface area contributed by atoms with E-state index in [1.807, 2.05) is 74.5 Å². The maximum atomic E-state index is 13.0. The molecule has 1 saturated heterocycles. The number of ether oxygens (including phenoxy) is 1. The van der Waals surface area contributed by atoms with Crippen molar-refractivity contribution in [3.63, 3.8) is 0 Å². The number of carbonyl (C=O) groups excluding carboxylic acids is 2. The Bertz CT molecular complexity index is 1000. The van der Waals surface area contributed by atoms with E-state index in [1.165, 1.54) is 0 Å². The Balaban J connectivity index is 1.24. The third-order valence-corrected chi connectivity index (χ3v) is 8.56. The van der Waals surface area contributed by atoms with Gasteiger partial charge in [0.05, 0.1) is 18.6 Å². The van der Waals surface area contributed by atoms with Crippen molar-refractivity contribution in [2.24, 2.45) is 11.8 Å². The van der Waals surface area contributed by atoms with Gasteiger partial charge in [-0.1, -0.05) is 60.7 Å². The third-order valence-electron chi connectivity index (χ3n) is 8.56. The van der Waals surface area contributed by atoms with Gasteiger partial charge in [0.2, 0.25) is 0 Å². The number of hydrogen-bond acceptors (Lipinski definition) is 5. The SMILES string of the molecule is CCOC(=O)C1CCCN(CCC2CCC(NC(=O)N[C@@H](C)C(O)(c3ccccc3)c3ccccc3)CC2)C1. The van der Waals surface area contributed by atoms with Gasteiger partial charge in [0.25, 0.3) is 0 Å². The minimum atomic E-state index is -1.35. The number of benzene rings is 2. The van der Waals surface area contributed by atoms with E-state index in [9.17, 15) is 14.7 Å². The summed E-state index contributed by atoms with van der Waals surface area (Å²) in [6, 6.07) is 18.4. The molecule has 1 heterocycles. The monoisotopic (exact) mass is 535 g/mol. The summed E-state index contributed by atoms with van der Waals surface area (Å²) in [5.74, 6) is 0.614. The fourth-order valence-corrected chi connectivity index (χ4v) is 6.25. The Hall–Kier alpha value is -2.90. The molecule has 7 nitrogen and oxygen atoms in total. The summed E-state index contributed by atoms with van der Waals surface area (Å²) in [6.45, 7) is 7.06. The van der Waals surface area contributed by atoms with E-state index in [-0.39, 0.29) is 24.0 Å². The summed E-state index contributed by atoms with van der Waals surface area (Å²) < 4.78 is 5.24. The number of amides is 2. The number of piperidine rings is 1. The summed E-state index contributed by atoms with van der Waals surface area (Å²) in [7, 11) is 0. The smallest absolute Gasteiger partial charge is 0.315 e. The first-order valence-corrected chi connectivity index (χ1v) is 14.7. The van der Waals surface area contributed by atoms with Crippen molar-refractivity contribution in [2.75, 3.05) is 26.2 Å². The standard InChI is InChI=1S/C32H45N3O4/c1-3-39-30(36)26-11-10-21-35(23-26)22-20-25-16-18-29(19-17-25)34-31(37)33-24(2)32(38,27-12-6-4-7-13-27)28-14-8-5-9-15-28/h4-9,12-15,24-26,29,38H,3,10-11,16-23H2,1-2H3,(H2,33,34,37)/t24-,25?,26?,29?/m0/s1. The number of esters is 1. The molecule has 3 N–H and O–H groups in total. The Labute approximate surface area is 233 Å². The Kier molecular flexibility index (Phi) is 10.4. The highest BCUT2D eigenvalue weighted by Gasteiger charge is 2.39. The van der Waals surface area contributed by atoms with E-state index >= 15 is 0 Å². The van der Waals surface area contributed by atoms with E-state index in [2.05, 4.69) is 15.5 Å². The number of rotatable bonds is 10. The number of urea groups is 1. The number of likely N-dealkylation sites (tertiary alicyclic amines) is 1. The van der Waals surface area contributed by atoms with Gasteiger partial charge in [-0.2, -0.15) is 0 Å². The zero-order valence-electron chi connectivity index (χ0n) is 23.5. The van der Waals surface area contributed by atoms with Crippen LogP contribution in [0.25, 0.3) is 0 Å². The fraction of sp³-hybridized carbons (Fsp3) is 0.562. The van der Waals surface area contributed by atoms with Crippen LogP contribution < -0.4 is 10.6 Å². The lowest BCUT2D eigenvalue weighted by Crippen LogP contribution is -2.54. The molecular formula is C32H45N3O4. The van der Waals surface area contributed by atoms with Gasteiger partial charge in [-0.25, -0.2) is 4.79 Å². The topological polar surface area (TPSA) is 90.9 Å². The molecule has 2 amide bonds. The molecule has 2 atom stereocenters. The van der Waals surface area contributed by atoms with Crippen molar-refractivity contribution in [1.29, 1.82) is 0 Å². The normalized spacial score (nSPS) is 23.0. The highest BCUT2D eigenvalue weighted by Crippen LogP contribution is 2.33. The van der Waals surface area contributed by atoms with Gasteiger partial charge in [-0.15, -0.1) is 0 Å². The molecule has 1 aliphatic carbocycles. The van der Waals surface area contributed by atoms with Crippen molar-refractivity contribution in [3.8, 4) is 0 Å². The predicted molar refractivity (Wildman–Crippen MR) is 153 cm³/mol. The molecular weight excluding hydrogens is 490 g/mol. The Morgan fingerprint density at radius 2 is 1.62 bits per heavy atom. The van der Waals surface area contributed by atoms with Crippen LogP contribution in [0.2, 0.25) is 0 Å². The van der Waals surface area contributed by atoms with Gasteiger partial charge in [-0.3, -0.25) is 4.79 Å². The predicted octanol–water partition coefficient (Wildman–Crippen LogP) is 4.83. The van der Waals surface area contributed by atoms with Gasteiger partial charge >= 0.3 is 12.0 Å². The van der Waals surface area contributed by atoms with Crippen LogP contribution in [0.4, 0.5) is 4.79 Å². The molecule has 1 aliphatic heterocycles. The highest BCUT2D eigenvalue weighted by atomic mass is 16.5. The fourth-order valence-electron chi connectivity index (χ4n) is 6.25. The summed E-state index contributed by atoms with van der Waals surface area (Å²) in [5.41, 5.74) is 0.136. The second-order valence-corrected chi connectivity index (χ2v) is 11.2. The largest absolute Gasteiger partial charge is 0.466 e. The molecule has 1 unspecified atom stereocenters. The van der Waals surface area contributed by atoms with Crippen LogP contribution in [0.1, 0.15) is 69.9 Å². The van der Waals surface area contributed by atoms with Crippen molar-refractivity contribution in [1.82, 2.24) is 15.5 Å². The lowest BCUT2D eigenvalue weighted by molar-refractivity contribution is -0.149. The first kappa shape index (κ1) is 29.1. The van der Waals surface area contributed by atoms with E-state index in [0.29, 0.717) is 12.5 Å². The molecule has 212 valence electrons. The van der Waals surface area contributed by atoms with Crippen LogP contribution in [0.3, 0.4) is 0 Å². The number of aliphatic hydroxyl groups is 1. The zero-order chi connectivity index (χ0) is 27.7. The molecule has 2 aromatic rings. The summed E-state index contributed by atoms with van der Waals surface area (Å²) in [4.78, 5) is 27.6. The first-order valence-electron chi connectivity index (χ1n) is 14.7. The van der Waals surface area contributed by atoms with Gasteiger partial charge < -0.3 is 25.4 Å². The maximum Gasteiger partial charge on any atom is 0.315 e. The van der Waals surface area contributed by atoms with Crippen molar-refractivity contribution >= 4 is 12.0 Å². The van der Waals surface area contributed by atoms with Gasteiger partial charge in [0.1, 0.15) is 5.60 Å². The molecule has 0 spiro atoms. The average Bonchev–Trinajstić information content (AvgIpc) is 2.97. The van der Waals surface area contributed by atoms with Crippen LogP contribution in [0, 0.1) is 11.8 Å². The third kappa shape index (κ3) is 7.61.